The Kier molecular flexibility index (Phi) is 5.20. The summed E-state index contributed by atoms with van der Waals surface area (Å²) >= 11 is 0. The second-order valence-electron chi connectivity index (χ2n) is 8.61. The van der Waals surface area contributed by atoms with Gasteiger partial charge < -0.3 is 14.6 Å². The van der Waals surface area contributed by atoms with Crippen molar-refractivity contribution in [2.45, 2.75) is 37.8 Å². The van der Waals surface area contributed by atoms with E-state index in [0.717, 1.165) is 19.3 Å². The maximum absolute atomic E-state index is 13.4. The van der Waals surface area contributed by atoms with Crippen LogP contribution < -0.4 is 10.1 Å². The predicted molar refractivity (Wildman–Crippen MR) is 123 cm³/mol. The van der Waals surface area contributed by atoms with Gasteiger partial charge in [0.15, 0.2) is 5.82 Å². The van der Waals surface area contributed by atoms with Crippen molar-refractivity contribution in [2.75, 3.05) is 5.32 Å². The molecule has 2 aliphatic rings. The van der Waals surface area contributed by atoms with E-state index in [1.807, 2.05) is 10.6 Å². The molecule has 10 heteroatoms. The van der Waals surface area contributed by atoms with Crippen molar-refractivity contribution in [2.24, 2.45) is 0 Å². The van der Waals surface area contributed by atoms with Crippen molar-refractivity contribution >= 4 is 11.7 Å². The van der Waals surface area contributed by atoms with Crippen LogP contribution >= 0.6 is 0 Å². The topological polar surface area (TPSA) is 94.8 Å². The lowest BCUT2D eigenvalue weighted by molar-refractivity contribution is 0.101. The number of anilines is 1. The fraction of sp³-hybridized carbons (Fsp3) is 0.240. The third-order valence-corrected chi connectivity index (χ3v) is 6.40. The Labute approximate surface area is 199 Å². The Morgan fingerprint density at radius 3 is 2.80 bits per heavy atom. The van der Waals surface area contributed by atoms with E-state index in [0.29, 0.717) is 39.8 Å². The number of pyridine rings is 2. The number of hydrogen-bond acceptors (Lipinski definition) is 6. The summed E-state index contributed by atoms with van der Waals surface area (Å²) in [6, 6.07) is 13.6. The zero-order valence-electron chi connectivity index (χ0n) is 18.4. The smallest absolute Gasteiger partial charge is 0.280 e. The average molecular weight is 474 g/mol. The van der Waals surface area contributed by atoms with Crippen LogP contribution in [0.1, 0.15) is 47.8 Å². The van der Waals surface area contributed by atoms with E-state index in [-0.39, 0.29) is 23.7 Å². The predicted octanol–water partition coefficient (Wildman–Crippen LogP) is 5.08. The van der Waals surface area contributed by atoms with Crippen molar-refractivity contribution in [3.8, 4) is 28.4 Å². The molecule has 6 rings (SSSR count). The van der Waals surface area contributed by atoms with Crippen molar-refractivity contribution < 1.29 is 18.3 Å². The van der Waals surface area contributed by atoms with E-state index in [1.54, 1.807) is 42.7 Å². The standard InChI is InChI=1S/C25H20F2N6O2/c26-23(27)19-8-4-15(12-28-19)14-5-9-21-18(10-14)25(34)31-22-3-1-2-20(30-22)24-32-29-13-33(24)16-6-7-17(11-16)35-21/h1-5,8-10,12-13,16-17,23H,6-7,11H2,(H,30,31,34). The van der Waals surface area contributed by atoms with Gasteiger partial charge in [-0.25, -0.2) is 13.8 Å². The first-order valence-electron chi connectivity index (χ1n) is 11.3. The van der Waals surface area contributed by atoms with E-state index >= 15 is 0 Å². The molecule has 2 unspecified atom stereocenters. The first-order chi connectivity index (χ1) is 17.0. The van der Waals surface area contributed by atoms with Gasteiger partial charge in [-0.3, -0.25) is 9.78 Å². The summed E-state index contributed by atoms with van der Waals surface area (Å²) in [7, 11) is 0. The van der Waals surface area contributed by atoms with Crippen LogP contribution in [0.15, 0.2) is 61.1 Å². The fourth-order valence-corrected chi connectivity index (χ4v) is 4.66. The molecule has 1 aromatic carbocycles. The number of hydrogen-bond donors (Lipinski definition) is 1. The zero-order chi connectivity index (χ0) is 23.9. The van der Waals surface area contributed by atoms with Gasteiger partial charge in [0.1, 0.15) is 35.4 Å². The molecule has 0 radical (unpaired) electrons. The summed E-state index contributed by atoms with van der Waals surface area (Å²) in [6.45, 7) is 0. The van der Waals surface area contributed by atoms with E-state index in [2.05, 4.69) is 25.5 Å². The number of aromatic nitrogens is 5. The van der Waals surface area contributed by atoms with Gasteiger partial charge in [-0.05, 0) is 48.7 Å². The molecule has 1 saturated carbocycles. The number of nitrogens with zero attached hydrogens (tertiary/aromatic N) is 5. The number of amides is 1. The zero-order valence-corrected chi connectivity index (χ0v) is 18.4. The summed E-state index contributed by atoms with van der Waals surface area (Å²) in [4.78, 5) is 21.8. The quantitative estimate of drug-likeness (QED) is 0.436. The van der Waals surface area contributed by atoms with Gasteiger partial charge in [0.25, 0.3) is 12.3 Å². The van der Waals surface area contributed by atoms with Crippen LogP contribution in [0.2, 0.25) is 0 Å². The Morgan fingerprint density at radius 1 is 1.09 bits per heavy atom. The van der Waals surface area contributed by atoms with E-state index < -0.39 is 6.43 Å². The molecule has 35 heavy (non-hydrogen) atoms. The van der Waals surface area contributed by atoms with Crippen LogP contribution in [-0.2, 0) is 0 Å². The van der Waals surface area contributed by atoms with Crippen molar-refractivity contribution in [3.63, 3.8) is 0 Å². The van der Waals surface area contributed by atoms with Crippen LogP contribution in [0.5, 0.6) is 5.75 Å². The van der Waals surface area contributed by atoms with E-state index in [9.17, 15) is 13.6 Å². The van der Waals surface area contributed by atoms with E-state index in [1.165, 1.54) is 12.3 Å². The molecule has 2 atom stereocenters. The first-order valence-corrected chi connectivity index (χ1v) is 11.3. The highest BCUT2D eigenvalue weighted by Gasteiger charge is 2.31. The van der Waals surface area contributed by atoms with Gasteiger partial charge in [0.05, 0.1) is 5.56 Å². The van der Waals surface area contributed by atoms with E-state index in [4.69, 9.17) is 4.74 Å². The number of benzene rings is 1. The van der Waals surface area contributed by atoms with Crippen LogP contribution in [0.25, 0.3) is 22.6 Å². The summed E-state index contributed by atoms with van der Waals surface area (Å²) in [6.07, 6.45) is 2.81. The second-order valence-corrected chi connectivity index (χ2v) is 8.61. The fourth-order valence-electron chi connectivity index (χ4n) is 4.66. The number of ether oxygens (including phenoxy) is 1. The van der Waals surface area contributed by atoms with Crippen molar-refractivity contribution in [1.29, 1.82) is 0 Å². The molecule has 176 valence electrons. The van der Waals surface area contributed by atoms with Gasteiger partial charge in [-0.15, -0.1) is 10.2 Å². The van der Waals surface area contributed by atoms with Crippen molar-refractivity contribution in [1.82, 2.24) is 24.7 Å². The largest absolute Gasteiger partial charge is 0.490 e. The van der Waals surface area contributed by atoms with Crippen LogP contribution in [0, 0.1) is 0 Å². The van der Waals surface area contributed by atoms with Gasteiger partial charge in [-0.1, -0.05) is 18.2 Å². The summed E-state index contributed by atoms with van der Waals surface area (Å²) < 4.78 is 34.1. The molecule has 4 aromatic rings. The number of nitrogens with one attached hydrogen (secondary N) is 1. The molecule has 0 spiro atoms. The normalized spacial score (nSPS) is 19.0. The lowest BCUT2D eigenvalue weighted by Crippen LogP contribution is -2.18. The molecule has 1 aliphatic carbocycles. The number of carbonyl (C=O) groups is 1. The van der Waals surface area contributed by atoms with Gasteiger partial charge >= 0.3 is 0 Å². The molecule has 1 fully saturated rings. The number of fused-ring (bicyclic) bond motifs is 8. The molecule has 1 aliphatic heterocycles. The van der Waals surface area contributed by atoms with Crippen LogP contribution in [0.3, 0.4) is 0 Å². The minimum atomic E-state index is -2.64. The summed E-state index contributed by atoms with van der Waals surface area (Å²) in [5.74, 6) is 1.07. The van der Waals surface area contributed by atoms with Gasteiger partial charge in [0, 0.05) is 24.2 Å². The Morgan fingerprint density at radius 2 is 1.97 bits per heavy atom. The van der Waals surface area contributed by atoms with Crippen LogP contribution in [-0.4, -0.2) is 36.7 Å². The lowest BCUT2D eigenvalue weighted by atomic mass is 10.0. The molecular formula is C25H20F2N6O2. The number of carbonyl (C=O) groups excluding carboxylic acids is 1. The SMILES string of the molecule is O=C1Nc2cccc(n2)-c2nncn2C2CCC(C2)Oc2ccc(-c3ccc(C(F)F)nc3)cc21. The third-order valence-electron chi connectivity index (χ3n) is 6.40. The minimum Gasteiger partial charge on any atom is -0.490 e. The molecule has 4 heterocycles. The monoisotopic (exact) mass is 474 g/mol. The number of alkyl halides is 2. The number of halogens is 2. The maximum Gasteiger partial charge on any atom is 0.280 e. The average Bonchev–Trinajstić information content (AvgIpc) is 3.54. The molecule has 1 N–H and O–H groups in total. The Balaban J connectivity index is 1.42. The highest BCUT2D eigenvalue weighted by Crippen LogP contribution is 2.37. The molecule has 0 saturated heterocycles. The van der Waals surface area contributed by atoms with Gasteiger partial charge in [-0.2, -0.15) is 0 Å². The summed E-state index contributed by atoms with van der Waals surface area (Å²) in [5.41, 5.74) is 1.93. The molecular weight excluding hydrogens is 454 g/mol. The first kappa shape index (κ1) is 21.3. The highest BCUT2D eigenvalue weighted by atomic mass is 19.3. The number of rotatable bonds is 2. The maximum atomic E-state index is 13.4. The minimum absolute atomic E-state index is 0.0866. The highest BCUT2D eigenvalue weighted by molar-refractivity contribution is 6.06. The summed E-state index contributed by atoms with van der Waals surface area (Å²) in [5, 5.41) is 11.2. The van der Waals surface area contributed by atoms with Gasteiger partial charge in [0.2, 0.25) is 0 Å². The molecule has 1 amide bonds. The molecule has 3 aromatic heterocycles. The van der Waals surface area contributed by atoms with Crippen molar-refractivity contribution in [3.05, 3.63) is 72.3 Å². The molecule has 8 nitrogen and oxygen atoms in total. The Hall–Kier alpha value is -4.21. The Bertz CT molecular complexity index is 1410. The second kappa shape index (κ2) is 8.53. The lowest BCUT2D eigenvalue weighted by Gasteiger charge is -2.18. The molecule has 4 bridgehead atoms. The van der Waals surface area contributed by atoms with Crippen LogP contribution in [0.4, 0.5) is 14.6 Å². The third kappa shape index (κ3) is 4.01.